The number of hydrogen-bond donors (Lipinski definition) is 3. The van der Waals surface area contributed by atoms with Gasteiger partial charge in [-0.25, -0.2) is 0 Å². The van der Waals surface area contributed by atoms with Crippen LogP contribution in [0.4, 0.5) is 0 Å². The van der Waals surface area contributed by atoms with Crippen molar-refractivity contribution < 1.29 is 15.0 Å². The minimum atomic E-state index is -0.878. The summed E-state index contributed by atoms with van der Waals surface area (Å²) in [7, 11) is 0. The molecule has 0 aliphatic carbocycles. The molecule has 0 aliphatic rings. The summed E-state index contributed by atoms with van der Waals surface area (Å²) in [6.07, 6.45) is 105. The molecular formula is C75H133NO3. The van der Waals surface area contributed by atoms with E-state index in [0.29, 0.717) is 6.42 Å². The standard InChI is InChI=1S/C75H133NO3/c1-3-5-7-9-11-13-15-17-19-21-23-25-27-29-31-33-35-37-38-39-41-43-45-47-49-51-53-55-57-59-61-63-65-67-69-71-75(79)76-73(72-77)74(78)70-68-66-64-62-60-58-56-54-52-50-48-46-44-42-40-36-34-32-30-28-26-24-22-20-18-16-14-12-10-8-6-4-2/h5,7,11,13,17,19,23,25,29,31,35,37,52,54,60,62,68,70,73-74,77-78H,3-4,6,8-10,12,14-16,18,20-22,24,26-28,30,32-34,36,38-51,53,55-59,61,63-67,69,71-72H2,1-2H3,(H,76,79)/b7-5-,13-11-,19-17-,25-23-,31-29-,37-35-,54-52+,62-60+,70-68+. The van der Waals surface area contributed by atoms with Crippen molar-refractivity contribution in [2.75, 3.05) is 6.61 Å². The Morgan fingerprint density at radius 2 is 0.570 bits per heavy atom. The Balaban J connectivity index is 3.53. The monoisotopic (exact) mass is 1100 g/mol. The number of allylic oxidation sites excluding steroid dienone is 17. The summed E-state index contributed by atoms with van der Waals surface area (Å²) in [5.74, 6) is -0.0774. The Morgan fingerprint density at radius 1 is 0.316 bits per heavy atom. The van der Waals surface area contributed by atoms with Crippen LogP contribution in [0.5, 0.6) is 0 Å². The van der Waals surface area contributed by atoms with E-state index in [1.807, 2.05) is 6.08 Å². The number of nitrogens with one attached hydrogen (secondary N) is 1. The van der Waals surface area contributed by atoms with Crippen LogP contribution < -0.4 is 5.32 Å². The van der Waals surface area contributed by atoms with Gasteiger partial charge in [0, 0.05) is 6.42 Å². The Hall–Kier alpha value is -2.95. The first kappa shape index (κ1) is 76.0. The van der Waals surface area contributed by atoms with Gasteiger partial charge < -0.3 is 15.5 Å². The second-order valence-corrected chi connectivity index (χ2v) is 23.2. The van der Waals surface area contributed by atoms with Crippen molar-refractivity contribution in [3.05, 3.63) is 109 Å². The van der Waals surface area contributed by atoms with E-state index in [2.05, 4.69) is 116 Å². The lowest BCUT2D eigenvalue weighted by Gasteiger charge is -2.19. The smallest absolute Gasteiger partial charge is 0.220 e. The second kappa shape index (κ2) is 69.3. The molecule has 1 amide bonds. The second-order valence-electron chi connectivity index (χ2n) is 23.2. The van der Waals surface area contributed by atoms with Crippen LogP contribution in [0.1, 0.15) is 341 Å². The number of amides is 1. The molecule has 0 spiro atoms. The van der Waals surface area contributed by atoms with Crippen molar-refractivity contribution in [1.29, 1.82) is 0 Å². The van der Waals surface area contributed by atoms with E-state index in [1.165, 1.54) is 244 Å². The SMILES string of the molecule is CC/C=C\C/C=C\C/C=C\C/C=C\C/C=C\C/C=C\CCCCCCCCCCCCCCCCCCC(=O)NC(CO)C(O)/C=C/CC/C=C/CC/C=C/CCCCCCCCCCCCCCCCCCCCCCCC. The van der Waals surface area contributed by atoms with Crippen LogP contribution in [0.3, 0.4) is 0 Å². The molecule has 2 atom stereocenters. The summed E-state index contributed by atoms with van der Waals surface area (Å²) >= 11 is 0. The van der Waals surface area contributed by atoms with Crippen LogP contribution in [0.15, 0.2) is 109 Å². The topological polar surface area (TPSA) is 69.6 Å². The van der Waals surface area contributed by atoms with Gasteiger partial charge in [-0.1, -0.05) is 348 Å². The van der Waals surface area contributed by atoms with Gasteiger partial charge in [-0.15, -0.1) is 0 Å². The van der Waals surface area contributed by atoms with Gasteiger partial charge in [0.05, 0.1) is 18.8 Å². The highest BCUT2D eigenvalue weighted by atomic mass is 16.3. The predicted octanol–water partition coefficient (Wildman–Crippen LogP) is 23.8. The first-order valence-corrected chi connectivity index (χ1v) is 34.6. The molecule has 0 radical (unpaired) electrons. The third-order valence-electron chi connectivity index (χ3n) is 15.5. The van der Waals surface area contributed by atoms with Crippen molar-refractivity contribution in [3.8, 4) is 0 Å². The molecule has 456 valence electrons. The molecule has 0 aromatic rings. The van der Waals surface area contributed by atoms with E-state index in [0.717, 1.165) is 77.0 Å². The summed E-state index contributed by atoms with van der Waals surface area (Å²) in [4.78, 5) is 12.5. The molecule has 0 bridgehead atoms. The first-order chi connectivity index (χ1) is 39.2. The zero-order chi connectivity index (χ0) is 56.9. The van der Waals surface area contributed by atoms with Crippen molar-refractivity contribution in [1.82, 2.24) is 5.32 Å². The molecular weight excluding hydrogens is 963 g/mol. The molecule has 0 fully saturated rings. The maximum atomic E-state index is 12.5. The third-order valence-corrected chi connectivity index (χ3v) is 15.5. The van der Waals surface area contributed by atoms with Crippen molar-refractivity contribution in [2.45, 2.75) is 353 Å². The Bertz CT molecular complexity index is 1480. The summed E-state index contributed by atoms with van der Waals surface area (Å²) < 4.78 is 0. The van der Waals surface area contributed by atoms with E-state index < -0.39 is 12.1 Å². The Labute approximate surface area is 493 Å². The summed E-state index contributed by atoms with van der Waals surface area (Å²) in [6.45, 7) is 4.21. The van der Waals surface area contributed by atoms with E-state index in [4.69, 9.17) is 0 Å². The fourth-order valence-electron chi connectivity index (χ4n) is 10.3. The fraction of sp³-hybridized carbons (Fsp3) is 0.747. The van der Waals surface area contributed by atoms with Gasteiger partial charge in [-0.05, 0) is 96.3 Å². The van der Waals surface area contributed by atoms with Crippen molar-refractivity contribution in [3.63, 3.8) is 0 Å². The number of rotatable bonds is 63. The van der Waals surface area contributed by atoms with Crippen molar-refractivity contribution >= 4 is 5.91 Å². The summed E-state index contributed by atoms with van der Waals surface area (Å²) in [5, 5.41) is 23.3. The average molecular weight is 1100 g/mol. The maximum Gasteiger partial charge on any atom is 0.220 e. The molecule has 3 N–H and O–H groups in total. The van der Waals surface area contributed by atoms with Gasteiger partial charge in [-0.2, -0.15) is 0 Å². The van der Waals surface area contributed by atoms with Gasteiger partial charge in [0.2, 0.25) is 5.91 Å². The Kier molecular flexibility index (Phi) is 66.7. The van der Waals surface area contributed by atoms with Crippen LogP contribution in [-0.4, -0.2) is 34.9 Å². The van der Waals surface area contributed by atoms with E-state index in [-0.39, 0.29) is 12.5 Å². The lowest BCUT2D eigenvalue weighted by molar-refractivity contribution is -0.123. The molecule has 0 heterocycles. The van der Waals surface area contributed by atoms with Crippen LogP contribution in [0.25, 0.3) is 0 Å². The lowest BCUT2D eigenvalue weighted by Crippen LogP contribution is -2.45. The highest BCUT2D eigenvalue weighted by Gasteiger charge is 2.18. The highest BCUT2D eigenvalue weighted by molar-refractivity contribution is 5.76. The number of hydrogen-bond acceptors (Lipinski definition) is 3. The van der Waals surface area contributed by atoms with Gasteiger partial charge in [0.25, 0.3) is 0 Å². The molecule has 0 aromatic carbocycles. The molecule has 4 nitrogen and oxygen atoms in total. The number of unbranched alkanes of at least 4 members (excludes halogenated alkanes) is 40. The summed E-state index contributed by atoms with van der Waals surface area (Å²) in [6, 6.07) is -0.653. The summed E-state index contributed by atoms with van der Waals surface area (Å²) in [5.41, 5.74) is 0. The van der Waals surface area contributed by atoms with Gasteiger partial charge in [-0.3, -0.25) is 4.79 Å². The fourth-order valence-corrected chi connectivity index (χ4v) is 10.3. The van der Waals surface area contributed by atoms with Gasteiger partial charge >= 0.3 is 0 Å². The molecule has 4 heteroatoms. The largest absolute Gasteiger partial charge is 0.394 e. The van der Waals surface area contributed by atoms with Gasteiger partial charge in [0.1, 0.15) is 0 Å². The van der Waals surface area contributed by atoms with Crippen LogP contribution in [-0.2, 0) is 4.79 Å². The number of aliphatic hydroxyl groups excluding tert-OH is 2. The highest BCUT2D eigenvalue weighted by Crippen LogP contribution is 2.18. The number of carbonyl (C=O) groups is 1. The molecule has 2 unspecified atom stereocenters. The minimum absolute atomic E-state index is 0.0774. The molecule has 0 saturated carbocycles. The van der Waals surface area contributed by atoms with E-state index in [9.17, 15) is 15.0 Å². The number of carbonyl (C=O) groups excluding carboxylic acids is 1. The Morgan fingerprint density at radius 3 is 0.886 bits per heavy atom. The maximum absolute atomic E-state index is 12.5. The third kappa shape index (κ3) is 65.7. The molecule has 0 aromatic heterocycles. The quantitative estimate of drug-likeness (QED) is 0.0420. The normalized spacial score (nSPS) is 13.4. The average Bonchev–Trinajstić information content (AvgIpc) is 3.45. The van der Waals surface area contributed by atoms with Crippen molar-refractivity contribution in [2.24, 2.45) is 0 Å². The molecule has 0 rings (SSSR count). The molecule has 0 aliphatic heterocycles. The van der Waals surface area contributed by atoms with E-state index in [1.54, 1.807) is 6.08 Å². The zero-order valence-corrected chi connectivity index (χ0v) is 52.6. The lowest BCUT2D eigenvalue weighted by atomic mass is 10.0. The first-order valence-electron chi connectivity index (χ1n) is 34.6. The molecule has 79 heavy (non-hydrogen) atoms. The number of aliphatic hydroxyl groups is 2. The van der Waals surface area contributed by atoms with Gasteiger partial charge in [0.15, 0.2) is 0 Å². The zero-order valence-electron chi connectivity index (χ0n) is 52.6. The predicted molar refractivity (Wildman–Crippen MR) is 354 cm³/mol. The molecule has 0 saturated heterocycles. The van der Waals surface area contributed by atoms with Crippen LogP contribution in [0, 0.1) is 0 Å². The minimum Gasteiger partial charge on any atom is -0.394 e. The van der Waals surface area contributed by atoms with Crippen LogP contribution >= 0.6 is 0 Å². The van der Waals surface area contributed by atoms with E-state index >= 15 is 0 Å². The van der Waals surface area contributed by atoms with Crippen LogP contribution in [0.2, 0.25) is 0 Å².